The third kappa shape index (κ3) is 4.41. The summed E-state index contributed by atoms with van der Waals surface area (Å²) in [5, 5.41) is 14.6. The SMILES string of the molecule is O=C(CCn1cnnn1)NC[C@@H]1CCN(c2cccc(Cl)c2)C1. The zero-order valence-electron chi connectivity index (χ0n) is 12.7. The Morgan fingerprint density at radius 2 is 2.35 bits per heavy atom. The molecule has 0 bridgehead atoms. The van der Waals surface area contributed by atoms with Crippen LogP contribution in [0.3, 0.4) is 0 Å². The third-order valence-electron chi connectivity index (χ3n) is 4.01. The largest absolute Gasteiger partial charge is 0.371 e. The standard InChI is InChI=1S/C15H19ClN6O/c16-13-2-1-3-14(8-13)21-6-4-12(10-21)9-17-15(23)5-7-22-11-18-19-20-22/h1-3,8,11-12H,4-7,9-10H2,(H,17,23)/t12-/m0/s1. The summed E-state index contributed by atoms with van der Waals surface area (Å²) < 4.78 is 1.55. The smallest absolute Gasteiger partial charge is 0.221 e. The van der Waals surface area contributed by atoms with Crippen molar-refractivity contribution in [1.29, 1.82) is 0 Å². The van der Waals surface area contributed by atoms with Crippen LogP contribution in [-0.2, 0) is 11.3 Å². The normalized spacial score (nSPS) is 17.4. The Morgan fingerprint density at radius 3 is 3.13 bits per heavy atom. The van der Waals surface area contributed by atoms with Gasteiger partial charge in [0.25, 0.3) is 0 Å². The number of carbonyl (C=O) groups excluding carboxylic acids is 1. The fourth-order valence-electron chi connectivity index (χ4n) is 2.75. The summed E-state index contributed by atoms with van der Waals surface area (Å²) >= 11 is 6.04. The van der Waals surface area contributed by atoms with Gasteiger partial charge in [0.2, 0.25) is 5.91 Å². The molecule has 1 N–H and O–H groups in total. The van der Waals surface area contributed by atoms with Gasteiger partial charge in [0.1, 0.15) is 6.33 Å². The molecule has 2 aromatic rings. The van der Waals surface area contributed by atoms with Gasteiger partial charge in [0.05, 0.1) is 6.54 Å². The van der Waals surface area contributed by atoms with E-state index in [1.165, 1.54) is 6.33 Å². The number of aromatic nitrogens is 4. The quantitative estimate of drug-likeness (QED) is 0.863. The maximum atomic E-state index is 11.9. The number of aryl methyl sites for hydroxylation is 1. The number of hydrogen-bond donors (Lipinski definition) is 1. The van der Waals surface area contributed by atoms with Crippen LogP contribution in [0.25, 0.3) is 0 Å². The number of rotatable bonds is 6. The minimum atomic E-state index is 0.0294. The summed E-state index contributed by atoms with van der Waals surface area (Å²) in [4.78, 5) is 14.2. The minimum absolute atomic E-state index is 0.0294. The molecule has 122 valence electrons. The van der Waals surface area contributed by atoms with Gasteiger partial charge in [0.15, 0.2) is 0 Å². The van der Waals surface area contributed by atoms with Crippen LogP contribution >= 0.6 is 11.6 Å². The van der Waals surface area contributed by atoms with Gasteiger partial charge in [0, 0.05) is 36.8 Å². The Labute approximate surface area is 139 Å². The molecule has 2 heterocycles. The summed E-state index contributed by atoms with van der Waals surface area (Å²) in [5.41, 5.74) is 1.14. The predicted octanol–water partition coefficient (Wildman–Crippen LogP) is 1.36. The molecule has 7 nitrogen and oxygen atoms in total. The van der Waals surface area contributed by atoms with Gasteiger partial charge in [-0.2, -0.15) is 0 Å². The Balaban J connectivity index is 1.40. The number of nitrogens with zero attached hydrogens (tertiary/aromatic N) is 5. The maximum absolute atomic E-state index is 11.9. The average molecular weight is 335 g/mol. The van der Waals surface area contributed by atoms with E-state index < -0.39 is 0 Å². The number of benzene rings is 1. The lowest BCUT2D eigenvalue weighted by molar-refractivity contribution is -0.121. The van der Waals surface area contributed by atoms with Crippen molar-refractivity contribution < 1.29 is 4.79 Å². The highest BCUT2D eigenvalue weighted by molar-refractivity contribution is 6.30. The van der Waals surface area contributed by atoms with E-state index in [-0.39, 0.29) is 5.91 Å². The van der Waals surface area contributed by atoms with Crippen molar-refractivity contribution in [3.05, 3.63) is 35.6 Å². The van der Waals surface area contributed by atoms with E-state index in [0.717, 1.165) is 30.2 Å². The van der Waals surface area contributed by atoms with Crippen LogP contribution in [0.15, 0.2) is 30.6 Å². The van der Waals surface area contributed by atoms with E-state index in [4.69, 9.17) is 11.6 Å². The van der Waals surface area contributed by atoms with Crippen LogP contribution in [0.2, 0.25) is 5.02 Å². The highest BCUT2D eigenvalue weighted by Gasteiger charge is 2.23. The lowest BCUT2D eigenvalue weighted by Gasteiger charge is -2.19. The first-order valence-electron chi connectivity index (χ1n) is 7.69. The van der Waals surface area contributed by atoms with Gasteiger partial charge in [-0.1, -0.05) is 17.7 Å². The Morgan fingerprint density at radius 1 is 1.43 bits per heavy atom. The number of carbonyl (C=O) groups is 1. The van der Waals surface area contributed by atoms with Crippen molar-refractivity contribution in [2.75, 3.05) is 24.5 Å². The van der Waals surface area contributed by atoms with E-state index in [0.29, 0.717) is 25.4 Å². The van der Waals surface area contributed by atoms with Gasteiger partial charge in [-0.3, -0.25) is 4.79 Å². The molecule has 1 aromatic heterocycles. The monoisotopic (exact) mass is 334 g/mol. The summed E-state index contributed by atoms with van der Waals surface area (Å²) in [6.07, 6.45) is 2.96. The molecule has 1 amide bonds. The number of amides is 1. The summed E-state index contributed by atoms with van der Waals surface area (Å²) in [6.45, 7) is 3.13. The first-order valence-corrected chi connectivity index (χ1v) is 8.06. The van der Waals surface area contributed by atoms with Gasteiger partial charge >= 0.3 is 0 Å². The van der Waals surface area contributed by atoms with Crippen LogP contribution in [0, 0.1) is 5.92 Å². The van der Waals surface area contributed by atoms with E-state index in [2.05, 4.69) is 31.8 Å². The molecule has 1 aliphatic heterocycles. The second-order valence-corrected chi connectivity index (χ2v) is 6.14. The molecule has 0 unspecified atom stereocenters. The molecule has 23 heavy (non-hydrogen) atoms. The predicted molar refractivity (Wildman–Crippen MR) is 87.2 cm³/mol. The average Bonchev–Trinajstić information content (AvgIpc) is 3.22. The first kappa shape index (κ1) is 15.7. The number of nitrogens with one attached hydrogen (secondary N) is 1. The molecule has 0 aliphatic carbocycles. The molecule has 1 atom stereocenters. The van der Waals surface area contributed by atoms with Gasteiger partial charge in [-0.15, -0.1) is 5.10 Å². The van der Waals surface area contributed by atoms with Crippen molar-refractivity contribution in [3.8, 4) is 0 Å². The van der Waals surface area contributed by atoms with Crippen molar-refractivity contribution in [2.24, 2.45) is 5.92 Å². The fourth-order valence-corrected chi connectivity index (χ4v) is 2.94. The Hall–Kier alpha value is -2.15. The highest BCUT2D eigenvalue weighted by Crippen LogP contribution is 2.25. The molecule has 8 heteroatoms. The Bertz CT molecular complexity index is 647. The second-order valence-electron chi connectivity index (χ2n) is 5.71. The zero-order chi connectivity index (χ0) is 16.1. The second kappa shape index (κ2) is 7.41. The molecule has 1 aromatic carbocycles. The van der Waals surface area contributed by atoms with Crippen molar-refractivity contribution in [3.63, 3.8) is 0 Å². The summed E-state index contributed by atoms with van der Waals surface area (Å²) in [6, 6.07) is 7.89. The highest BCUT2D eigenvalue weighted by atomic mass is 35.5. The molecule has 0 saturated carbocycles. The summed E-state index contributed by atoms with van der Waals surface area (Å²) in [5.74, 6) is 0.493. The van der Waals surface area contributed by atoms with Crippen LogP contribution < -0.4 is 10.2 Å². The van der Waals surface area contributed by atoms with E-state index >= 15 is 0 Å². The zero-order valence-corrected chi connectivity index (χ0v) is 13.5. The molecule has 1 saturated heterocycles. The molecule has 0 spiro atoms. The number of hydrogen-bond acceptors (Lipinski definition) is 5. The van der Waals surface area contributed by atoms with Gasteiger partial charge in [-0.05, 0) is 41.0 Å². The van der Waals surface area contributed by atoms with E-state index in [1.807, 2.05) is 18.2 Å². The van der Waals surface area contributed by atoms with Crippen LogP contribution in [-0.4, -0.2) is 45.7 Å². The molecule has 3 rings (SSSR count). The molecule has 1 aliphatic rings. The topological polar surface area (TPSA) is 75.9 Å². The summed E-state index contributed by atoms with van der Waals surface area (Å²) in [7, 11) is 0. The van der Waals surface area contributed by atoms with Gasteiger partial charge in [-0.25, -0.2) is 4.68 Å². The van der Waals surface area contributed by atoms with E-state index in [1.54, 1.807) is 4.68 Å². The lowest BCUT2D eigenvalue weighted by Crippen LogP contribution is -2.31. The van der Waals surface area contributed by atoms with Crippen molar-refractivity contribution >= 4 is 23.2 Å². The van der Waals surface area contributed by atoms with E-state index in [9.17, 15) is 4.79 Å². The van der Waals surface area contributed by atoms with Gasteiger partial charge < -0.3 is 10.2 Å². The number of anilines is 1. The first-order chi connectivity index (χ1) is 11.2. The third-order valence-corrected chi connectivity index (χ3v) is 4.24. The van der Waals surface area contributed by atoms with Crippen molar-refractivity contribution in [1.82, 2.24) is 25.5 Å². The maximum Gasteiger partial charge on any atom is 0.221 e. The Kier molecular flexibility index (Phi) is 5.07. The molecule has 0 radical (unpaired) electrons. The lowest BCUT2D eigenvalue weighted by atomic mass is 10.1. The van der Waals surface area contributed by atoms with Crippen molar-refractivity contribution in [2.45, 2.75) is 19.4 Å². The van der Waals surface area contributed by atoms with Crippen LogP contribution in [0.1, 0.15) is 12.8 Å². The molecular weight excluding hydrogens is 316 g/mol. The van der Waals surface area contributed by atoms with Crippen LogP contribution in [0.5, 0.6) is 0 Å². The number of tetrazole rings is 1. The number of halogens is 1. The fraction of sp³-hybridized carbons (Fsp3) is 0.467. The molecular formula is C15H19ClN6O. The minimum Gasteiger partial charge on any atom is -0.371 e. The van der Waals surface area contributed by atoms with Crippen LogP contribution in [0.4, 0.5) is 5.69 Å². The molecule has 1 fully saturated rings.